The number of hydrogen-bond acceptors (Lipinski definition) is 2. The monoisotopic (exact) mass is 205 g/mol. The van der Waals surface area contributed by atoms with Crippen molar-refractivity contribution in [3.8, 4) is 0 Å². The van der Waals surface area contributed by atoms with Crippen LogP contribution in [-0.4, -0.2) is 25.6 Å². The molecule has 74 valence electrons. The third kappa shape index (κ3) is 3.60. The third-order valence-electron chi connectivity index (χ3n) is 1.80. The van der Waals surface area contributed by atoms with Crippen LogP contribution in [0.25, 0.3) is 0 Å². The first-order valence-electron chi connectivity index (χ1n) is 3.43. The molecule has 12 heavy (non-hydrogen) atoms. The standard InChI is InChI=1S/C6H10F3NO.ClH/c1-10-4-2-5(3-4)11-6(7,8)9;/h4-5,10H,2-3H2,1H3;1H. The minimum absolute atomic E-state index is 0. The fourth-order valence-corrected chi connectivity index (χ4v) is 1.09. The topological polar surface area (TPSA) is 21.3 Å². The van der Waals surface area contributed by atoms with E-state index in [-0.39, 0.29) is 18.4 Å². The number of rotatable bonds is 2. The predicted molar refractivity (Wildman–Crippen MR) is 40.3 cm³/mol. The minimum Gasteiger partial charge on any atom is -0.317 e. The van der Waals surface area contributed by atoms with Crippen LogP contribution in [-0.2, 0) is 4.74 Å². The summed E-state index contributed by atoms with van der Waals surface area (Å²) in [6.45, 7) is 0. The predicted octanol–water partition coefficient (Wildman–Crippen LogP) is 1.69. The van der Waals surface area contributed by atoms with Crippen molar-refractivity contribution in [3.05, 3.63) is 0 Å². The van der Waals surface area contributed by atoms with Gasteiger partial charge in [-0.05, 0) is 19.9 Å². The molecule has 0 bridgehead atoms. The van der Waals surface area contributed by atoms with Gasteiger partial charge in [0, 0.05) is 6.04 Å². The van der Waals surface area contributed by atoms with Gasteiger partial charge < -0.3 is 5.32 Å². The Morgan fingerprint density at radius 2 is 1.83 bits per heavy atom. The van der Waals surface area contributed by atoms with Crippen LogP contribution in [0.2, 0.25) is 0 Å². The van der Waals surface area contributed by atoms with Crippen LogP contribution in [0, 0.1) is 0 Å². The molecule has 1 aliphatic carbocycles. The van der Waals surface area contributed by atoms with E-state index in [1.807, 2.05) is 0 Å². The van der Waals surface area contributed by atoms with E-state index < -0.39 is 12.5 Å². The molecular weight excluding hydrogens is 195 g/mol. The van der Waals surface area contributed by atoms with Crippen LogP contribution >= 0.6 is 12.4 Å². The van der Waals surface area contributed by atoms with Crippen LogP contribution < -0.4 is 5.32 Å². The summed E-state index contributed by atoms with van der Waals surface area (Å²) in [7, 11) is 1.73. The first kappa shape index (κ1) is 12.0. The van der Waals surface area contributed by atoms with E-state index in [1.165, 1.54) is 0 Å². The molecule has 0 atom stereocenters. The van der Waals surface area contributed by atoms with Gasteiger partial charge in [-0.1, -0.05) is 0 Å². The highest BCUT2D eigenvalue weighted by atomic mass is 35.5. The highest BCUT2D eigenvalue weighted by molar-refractivity contribution is 5.85. The van der Waals surface area contributed by atoms with Crippen molar-refractivity contribution >= 4 is 12.4 Å². The van der Waals surface area contributed by atoms with Crippen LogP contribution in [0.3, 0.4) is 0 Å². The number of nitrogens with one attached hydrogen (secondary N) is 1. The van der Waals surface area contributed by atoms with Crippen molar-refractivity contribution in [2.24, 2.45) is 0 Å². The van der Waals surface area contributed by atoms with Gasteiger partial charge in [0.25, 0.3) is 0 Å². The molecule has 1 saturated carbocycles. The van der Waals surface area contributed by atoms with E-state index in [4.69, 9.17) is 0 Å². The Labute approximate surface area is 74.9 Å². The Morgan fingerprint density at radius 1 is 1.33 bits per heavy atom. The van der Waals surface area contributed by atoms with Gasteiger partial charge in [0.15, 0.2) is 0 Å². The van der Waals surface area contributed by atoms with Gasteiger partial charge in [-0.3, -0.25) is 4.74 Å². The molecule has 6 heteroatoms. The molecule has 0 aromatic rings. The Bertz CT molecular complexity index is 135. The summed E-state index contributed by atoms with van der Waals surface area (Å²) in [4.78, 5) is 0. The normalized spacial score (nSPS) is 29.0. The van der Waals surface area contributed by atoms with E-state index in [0.717, 1.165) is 0 Å². The second kappa shape index (κ2) is 4.30. The second-order valence-electron chi connectivity index (χ2n) is 2.64. The summed E-state index contributed by atoms with van der Waals surface area (Å²) in [5, 5.41) is 2.87. The average molecular weight is 206 g/mol. The molecule has 0 aromatic carbocycles. The molecule has 1 fully saturated rings. The number of alkyl halides is 3. The zero-order chi connectivity index (χ0) is 8.48. The average Bonchev–Trinajstić information content (AvgIpc) is 1.75. The van der Waals surface area contributed by atoms with E-state index in [2.05, 4.69) is 10.1 Å². The summed E-state index contributed by atoms with van der Waals surface area (Å²) in [6, 6.07) is 0.197. The number of halogens is 4. The Kier molecular flexibility index (Phi) is 4.30. The first-order valence-corrected chi connectivity index (χ1v) is 3.43. The highest BCUT2D eigenvalue weighted by Crippen LogP contribution is 2.29. The first-order chi connectivity index (χ1) is 5.01. The lowest BCUT2D eigenvalue weighted by molar-refractivity contribution is -0.352. The van der Waals surface area contributed by atoms with Gasteiger partial charge in [-0.2, -0.15) is 0 Å². The quantitative estimate of drug-likeness (QED) is 0.741. The van der Waals surface area contributed by atoms with Crippen molar-refractivity contribution < 1.29 is 17.9 Å². The smallest absolute Gasteiger partial charge is 0.317 e. The minimum atomic E-state index is -4.47. The molecular formula is C6H11ClF3NO. The maximum atomic E-state index is 11.5. The molecule has 0 heterocycles. The Balaban J connectivity index is 0.00000121. The number of ether oxygens (including phenoxy) is 1. The maximum Gasteiger partial charge on any atom is 0.522 e. The zero-order valence-corrected chi connectivity index (χ0v) is 7.34. The molecule has 0 aromatic heterocycles. The molecule has 2 nitrogen and oxygen atoms in total. The summed E-state index contributed by atoms with van der Waals surface area (Å²) in [5.74, 6) is 0. The lowest BCUT2D eigenvalue weighted by atomic mass is 9.89. The lowest BCUT2D eigenvalue weighted by Crippen LogP contribution is -2.45. The van der Waals surface area contributed by atoms with Crippen LogP contribution in [0.1, 0.15) is 12.8 Å². The zero-order valence-electron chi connectivity index (χ0n) is 6.52. The SMILES string of the molecule is CNC1CC(OC(F)(F)F)C1.Cl. The highest BCUT2D eigenvalue weighted by Gasteiger charge is 2.39. The van der Waals surface area contributed by atoms with Gasteiger partial charge in [0.2, 0.25) is 0 Å². The molecule has 0 aliphatic heterocycles. The van der Waals surface area contributed by atoms with Crippen LogP contribution in [0.15, 0.2) is 0 Å². The summed E-state index contributed by atoms with van der Waals surface area (Å²) in [5.41, 5.74) is 0. The second-order valence-corrected chi connectivity index (χ2v) is 2.64. The summed E-state index contributed by atoms with van der Waals surface area (Å²) >= 11 is 0. The van der Waals surface area contributed by atoms with E-state index in [0.29, 0.717) is 12.8 Å². The molecule has 0 spiro atoms. The van der Waals surface area contributed by atoms with Crippen LogP contribution in [0.4, 0.5) is 13.2 Å². The van der Waals surface area contributed by atoms with Crippen molar-refractivity contribution in [2.75, 3.05) is 7.05 Å². The van der Waals surface area contributed by atoms with E-state index in [9.17, 15) is 13.2 Å². The van der Waals surface area contributed by atoms with Crippen molar-refractivity contribution in [1.29, 1.82) is 0 Å². The maximum absolute atomic E-state index is 11.5. The van der Waals surface area contributed by atoms with Crippen molar-refractivity contribution in [2.45, 2.75) is 31.3 Å². The summed E-state index contributed by atoms with van der Waals surface area (Å²) < 4.78 is 38.3. The summed E-state index contributed by atoms with van der Waals surface area (Å²) in [6.07, 6.45) is -4.19. The van der Waals surface area contributed by atoms with Gasteiger partial charge in [-0.15, -0.1) is 25.6 Å². The van der Waals surface area contributed by atoms with Crippen molar-refractivity contribution in [1.82, 2.24) is 5.32 Å². The Hall–Kier alpha value is -0.0000000000000000555. The fraction of sp³-hybridized carbons (Fsp3) is 1.00. The van der Waals surface area contributed by atoms with E-state index >= 15 is 0 Å². The van der Waals surface area contributed by atoms with Gasteiger partial charge >= 0.3 is 6.36 Å². The van der Waals surface area contributed by atoms with Gasteiger partial charge in [0.05, 0.1) is 6.10 Å². The molecule has 0 radical (unpaired) electrons. The fourth-order valence-electron chi connectivity index (χ4n) is 1.09. The lowest BCUT2D eigenvalue weighted by Gasteiger charge is -2.34. The largest absolute Gasteiger partial charge is 0.522 e. The Morgan fingerprint density at radius 3 is 2.17 bits per heavy atom. The van der Waals surface area contributed by atoms with Gasteiger partial charge in [-0.25, -0.2) is 0 Å². The van der Waals surface area contributed by atoms with Crippen LogP contribution in [0.5, 0.6) is 0 Å². The molecule has 0 saturated heterocycles. The molecule has 0 amide bonds. The molecule has 1 rings (SSSR count). The molecule has 0 unspecified atom stereocenters. The number of hydrogen-bond donors (Lipinski definition) is 1. The van der Waals surface area contributed by atoms with E-state index in [1.54, 1.807) is 7.05 Å². The van der Waals surface area contributed by atoms with Gasteiger partial charge in [0.1, 0.15) is 0 Å². The molecule has 1 aliphatic rings. The van der Waals surface area contributed by atoms with Crippen molar-refractivity contribution in [3.63, 3.8) is 0 Å². The third-order valence-corrected chi connectivity index (χ3v) is 1.80. The molecule has 1 N–H and O–H groups in total.